The van der Waals surface area contributed by atoms with E-state index in [0.29, 0.717) is 0 Å². The summed E-state index contributed by atoms with van der Waals surface area (Å²) in [6, 6.07) is 2.61. The Morgan fingerprint density at radius 2 is 1.64 bits per heavy atom. The van der Waals surface area contributed by atoms with E-state index in [0.717, 1.165) is 17.9 Å². The summed E-state index contributed by atoms with van der Waals surface area (Å²) >= 11 is 0. The summed E-state index contributed by atoms with van der Waals surface area (Å²) in [5.41, 5.74) is 0.00584. The van der Waals surface area contributed by atoms with E-state index in [1.807, 2.05) is 12.2 Å². The molecule has 4 atom stereocenters. The van der Waals surface area contributed by atoms with E-state index in [2.05, 4.69) is 5.10 Å². The number of hydrogen-bond acceptors (Lipinski definition) is 7. The molecule has 0 N–H and O–H groups in total. The Bertz CT molecular complexity index is 892. The first kappa shape index (κ1) is 18.1. The number of ether oxygens (including phenoxy) is 2. The molecule has 1 aromatic carbocycles. The van der Waals surface area contributed by atoms with Gasteiger partial charge < -0.3 is 9.47 Å². The molecule has 1 aliphatic heterocycles. The maximum absolute atomic E-state index is 12.8. The van der Waals surface area contributed by atoms with E-state index < -0.39 is 4.92 Å². The minimum atomic E-state index is -0.584. The third-order valence-electron chi connectivity index (χ3n) is 5.78. The van der Waals surface area contributed by atoms with Crippen LogP contribution in [0, 0.1) is 33.8 Å². The van der Waals surface area contributed by atoms with Crippen LogP contribution in [-0.2, 0) is 9.59 Å². The average molecular weight is 385 g/mol. The molecular formula is C19H19N3O6. The van der Waals surface area contributed by atoms with Crippen LogP contribution in [0.1, 0.15) is 18.4 Å². The van der Waals surface area contributed by atoms with Crippen LogP contribution in [0.15, 0.2) is 29.4 Å². The van der Waals surface area contributed by atoms with Crippen LogP contribution < -0.4 is 9.47 Å². The number of carbonyl (C=O) groups is 2. The molecular weight excluding hydrogens is 366 g/mol. The second-order valence-electron chi connectivity index (χ2n) is 7.10. The number of fused-ring (bicyclic) bond motifs is 1. The van der Waals surface area contributed by atoms with Gasteiger partial charge in [0.05, 0.1) is 37.2 Å². The van der Waals surface area contributed by atoms with Crippen molar-refractivity contribution in [3.8, 4) is 11.5 Å². The summed E-state index contributed by atoms with van der Waals surface area (Å²) in [5, 5.41) is 16.2. The lowest BCUT2D eigenvalue weighted by atomic mass is 9.63. The molecule has 0 spiro atoms. The van der Waals surface area contributed by atoms with Crippen LogP contribution in [0.2, 0.25) is 0 Å². The number of carbonyl (C=O) groups excluding carboxylic acids is 2. The topological polar surface area (TPSA) is 111 Å². The summed E-state index contributed by atoms with van der Waals surface area (Å²) in [7, 11) is 2.73. The Balaban J connectivity index is 1.66. The Morgan fingerprint density at radius 3 is 2.11 bits per heavy atom. The maximum Gasteiger partial charge on any atom is 0.311 e. The van der Waals surface area contributed by atoms with Crippen LogP contribution in [0.5, 0.6) is 11.5 Å². The molecule has 1 saturated carbocycles. The highest BCUT2D eigenvalue weighted by molar-refractivity contribution is 6.06. The first-order chi connectivity index (χ1) is 13.5. The highest BCUT2D eigenvalue weighted by atomic mass is 16.6. The van der Waals surface area contributed by atoms with Crippen molar-refractivity contribution in [2.45, 2.75) is 12.8 Å². The molecule has 4 aliphatic rings. The van der Waals surface area contributed by atoms with Gasteiger partial charge in [-0.1, -0.05) is 12.2 Å². The first-order valence-electron chi connectivity index (χ1n) is 8.96. The van der Waals surface area contributed by atoms with Crippen molar-refractivity contribution in [3.05, 3.63) is 40.0 Å². The van der Waals surface area contributed by atoms with E-state index >= 15 is 0 Å². The lowest BCUT2D eigenvalue weighted by molar-refractivity contribution is -0.385. The molecule has 0 aromatic heterocycles. The molecule has 2 fully saturated rings. The van der Waals surface area contributed by atoms with Crippen molar-refractivity contribution in [2.75, 3.05) is 14.2 Å². The summed E-state index contributed by atoms with van der Waals surface area (Å²) in [5.74, 6) is -0.877. The standard InChI is InChI=1S/C19H19N3O6/c1-27-14-8-15(28-2)13(22(25)26)7-12(14)9-20-21-18(23)16-10-3-4-11(6-5-10)17(16)19(21)24/h3-4,7-11,16-17H,5-6H2,1-2H3/b20-9-/t10-,11-,16-,17+/m0/s1. The largest absolute Gasteiger partial charge is 0.496 e. The fraction of sp³-hybridized carbons (Fsp3) is 0.421. The molecule has 0 unspecified atom stereocenters. The molecule has 9 nitrogen and oxygen atoms in total. The van der Waals surface area contributed by atoms with Crippen molar-refractivity contribution >= 4 is 23.7 Å². The van der Waals surface area contributed by atoms with E-state index in [4.69, 9.17) is 9.47 Å². The normalized spacial score (nSPS) is 28.1. The molecule has 9 heteroatoms. The van der Waals surface area contributed by atoms with Gasteiger partial charge in [-0.3, -0.25) is 19.7 Å². The summed E-state index contributed by atoms with van der Waals surface area (Å²) in [6.45, 7) is 0. The number of allylic oxidation sites excluding steroid dienone is 2. The zero-order valence-corrected chi connectivity index (χ0v) is 15.4. The second kappa shape index (κ2) is 6.74. The van der Waals surface area contributed by atoms with Gasteiger partial charge >= 0.3 is 5.69 Å². The molecule has 5 rings (SSSR count). The monoisotopic (exact) mass is 385 g/mol. The van der Waals surface area contributed by atoms with Crippen LogP contribution in [0.3, 0.4) is 0 Å². The Labute approximate surface area is 160 Å². The lowest BCUT2D eigenvalue weighted by Crippen LogP contribution is -2.38. The van der Waals surface area contributed by atoms with Gasteiger partial charge in [0.15, 0.2) is 0 Å². The summed E-state index contributed by atoms with van der Waals surface area (Å²) in [4.78, 5) is 36.3. The van der Waals surface area contributed by atoms with E-state index in [1.54, 1.807) is 0 Å². The van der Waals surface area contributed by atoms with Gasteiger partial charge in [-0.15, -0.1) is 0 Å². The van der Waals surface area contributed by atoms with E-state index in [1.165, 1.54) is 32.6 Å². The van der Waals surface area contributed by atoms with E-state index in [9.17, 15) is 19.7 Å². The van der Waals surface area contributed by atoms with Gasteiger partial charge in [0, 0.05) is 17.7 Å². The van der Waals surface area contributed by atoms with Gasteiger partial charge in [-0.05, 0) is 24.7 Å². The van der Waals surface area contributed by atoms with Crippen LogP contribution in [-0.4, -0.2) is 42.2 Å². The highest BCUT2D eigenvalue weighted by Crippen LogP contribution is 2.49. The molecule has 0 radical (unpaired) electrons. The predicted molar refractivity (Wildman–Crippen MR) is 98.0 cm³/mol. The quantitative estimate of drug-likeness (QED) is 0.252. The zero-order valence-electron chi connectivity index (χ0n) is 15.4. The third-order valence-corrected chi connectivity index (χ3v) is 5.78. The zero-order chi connectivity index (χ0) is 20.0. The summed E-state index contributed by atoms with van der Waals surface area (Å²) in [6.07, 6.45) is 7.11. The number of rotatable bonds is 5. The van der Waals surface area contributed by atoms with Crippen LogP contribution in [0.4, 0.5) is 5.69 Å². The first-order valence-corrected chi connectivity index (χ1v) is 8.96. The van der Waals surface area contributed by atoms with Gasteiger partial charge in [-0.25, -0.2) is 0 Å². The molecule has 1 heterocycles. The fourth-order valence-electron chi connectivity index (χ4n) is 4.44. The number of imide groups is 1. The number of nitrogens with zero attached hydrogens (tertiary/aromatic N) is 3. The number of nitro benzene ring substituents is 1. The number of methoxy groups -OCH3 is 2. The minimum absolute atomic E-state index is 0.0426. The SMILES string of the molecule is COc1cc(OC)c([N+](=O)[O-])cc1/C=N\N1C(=O)[C@@H]2[C@H](C1=O)[C@H]1C=C[C@H]2CC1. The van der Waals surface area contributed by atoms with Gasteiger partial charge in [0.1, 0.15) is 5.75 Å². The molecule has 146 valence electrons. The molecule has 1 aromatic rings. The Kier molecular flexibility index (Phi) is 4.37. The number of hydrogen-bond donors (Lipinski definition) is 0. The average Bonchev–Trinajstić information content (AvgIpc) is 2.98. The Morgan fingerprint density at radius 1 is 1.07 bits per heavy atom. The number of amides is 2. The summed E-state index contributed by atoms with van der Waals surface area (Å²) < 4.78 is 10.3. The molecule has 2 amide bonds. The predicted octanol–water partition coefficient (Wildman–Crippen LogP) is 2.14. The smallest absolute Gasteiger partial charge is 0.311 e. The fourth-order valence-corrected chi connectivity index (χ4v) is 4.44. The maximum atomic E-state index is 12.8. The van der Waals surface area contributed by atoms with Crippen molar-refractivity contribution in [1.82, 2.24) is 5.01 Å². The lowest BCUT2D eigenvalue weighted by Gasteiger charge is -2.37. The molecule has 1 saturated heterocycles. The van der Waals surface area contributed by atoms with Gasteiger partial charge in [0.2, 0.25) is 5.75 Å². The minimum Gasteiger partial charge on any atom is -0.496 e. The number of nitro groups is 1. The van der Waals surface area contributed by atoms with Gasteiger partial charge in [-0.2, -0.15) is 10.1 Å². The van der Waals surface area contributed by atoms with E-state index in [-0.39, 0.29) is 58.2 Å². The molecule has 2 bridgehead atoms. The second-order valence-corrected chi connectivity index (χ2v) is 7.10. The van der Waals surface area contributed by atoms with Gasteiger partial charge in [0.25, 0.3) is 11.8 Å². The molecule has 3 aliphatic carbocycles. The highest BCUT2D eigenvalue weighted by Gasteiger charge is 2.56. The van der Waals surface area contributed by atoms with Crippen molar-refractivity contribution in [1.29, 1.82) is 0 Å². The third kappa shape index (κ3) is 2.65. The van der Waals surface area contributed by atoms with Crippen molar-refractivity contribution in [2.24, 2.45) is 28.8 Å². The molecule has 28 heavy (non-hydrogen) atoms. The number of benzene rings is 1. The van der Waals surface area contributed by atoms with Crippen LogP contribution >= 0.6 is 0 Å². The number of hydrazone groups is 1. The Hall–Kier alpha value is -3.23. The van der Waals surface area contributed by atoms with Crippen LogP contribution in [0.25, 0.3) is 0 Å². The van der Waals surface area contributed by atoms with Crippen molar-refractivity contribution < 1.29 is 24.0 Å². The van der Waals surface area contributed by atoms with Crippen molar-refractivity contribution in [3.63, 3.8) is 0 Å².